The van der Waals surface area contributed by atoms with Crippen molar-refractivity contribution in [3.63, 3.8) is 0 Å². The number of Topliss-reactive ketones (excluding diaryl/α,β-unsaturated/α-hetero) is 1. The monoisotopic (exact) mass is 312 g/mol. The molecule has 23 heavy (non-hydrogen) atoms. The van der Waals surface area contributed by atoms with Crippen LogP contribution in [0.25, 0.3) is 0 Å². The van der Waals surface area contributed by atoms with Crippen molar-refractivity contribution in [1.29, 1.82) is 0 Å². The molecule has 5 nitrogen and oxygen atoms in total. The number of aliphatic imine (C=N–C) groups is 1. The van der Waals surface area contributed by atoms with Gasteiger partial charge >= 0.3 is 0 Å². The van der Waals surface area contributed by atoms with Crippen molar-refractivity contribution in [2.45, 2.75) is 13.8 Å². The second-order valence-corrected chi connectivity index (χ2v) is 5.27. The van der Waals surface area contributed by atoms with Gasteiger partial charge in [0.2, 0.25) is 0 Å². The Morgan fingerprint density at radius 2 is 1.83 bits per heavy atom. The summed E-state index contributed by atoms with van der Waals surface area (Å²) in [4.78, 5) is 16.1. The van der Waals surface area contributed by atoms with Crippen LogP contribution < -0.4 is 5.32 Å². The maximum absolute atomic E-state index is 11.9. The van der Waals surface area contributed by atoms with Crippen LogP contribution in [0.2, 0.25) is 0 Å². The zero-order chi connectivity index (χ0) is 16.8. The Labute approximate surface area is 135 Å². The van der Waals surface area contributed by atoms with Crippen LogP contribution in [-0.2, 0) is 4.79 Å². The lowest BCUT2D eigenvalue weighted by Gasteiger charge is -2.09. The molecule has 5 heteroatoms. The van der Waals surface area contributed by atoms with Gasteiger partial charge in [0, 0.05) is 22.5 Å². The predicted octanol–water partition coefficient (Wildman–Crippen LogP) is 2.90. The minimum atomic E-state index is -0.0526. The van der Waals surface area contributed by atoms with Crippen LogP contribution >= 0.6 is 0 Å². The minimum Gasteiger partial charge on any atom is -0.508 e. The molecular formula is C18H20N2O3. The average molecular weight is 312 g/mol. The number of para-hydroxylation sites is 1. The second kappa shape index (κ2) is 7.45. The molecule has 0 spiro atoms. The lowest BCUT2D eigenvalue weighted by Crippen LogP contribution is -2.17. The fourth-order valence-corrected chi connectivity index (χ4v) is 2.09. The van der Waals surface area contributed by atoms with Gasteiger partial charge in [-0.25, -0.2) is 0 Å². The fraction of sp³-hybridized carbons (Fsp3) is 0.222. The second-order valence-electron chi connectivity index (χ2n) is 5.27. The summed E-state index contributed by atoms with van der Waals surface area (Å²) in [5.41, 5.74) is 2.35. The molecule has 0 aromatic heterocycles. The molecule has 3 N–H and O–H groups in total. The van der Waals surface area contributed by atoms with Gasteiger partial charge in [-0.1, -0.05) is 18.2 Å². The van der Waals surface area contributed by atoms with E-state index in [0.717, 1.165) is 5.69 Å². The summed E-state index contributed by atoms with van der Waals surface area (Å²) in [7, 11) is 0. The van der Waals surface area contributed by atoms with Gasteiger partial charge in [0.25, 0.3) is 0 Å². The Morgan fingerprint density at radius 3 is 2.52 bits per heavy atom. The molecule has 0 fully saturated rings. The number of aromatic hydroxyl groups is 2. The van der Waals surface area contributed by atoms with E-state index in [1.807, 2.05) is 30.3 Å². The molecule has 120 valence electrons. The van der Waals surface area contributed by atoms with Crippen LogP contribution in [-0.4, -0.2) is 34.8 Å². The first-order chi connectivity index (χ1) is 11.0. The Kier molecular flexibility index (Phi) is 5.36. The first-order valence-corrected chi connectivity index (χ1v) is 7.32. The molecule has 0 amide bonds. The van der Waals surface area contributed by atoms with E-state index in [4.69, 9.17) is 0 Å². The van der Waals surface area contributed by atoms with Crippen LogP contribution in [0.1, 0.15) is 18.1 Å². The smallest absolute Gasteiger partial charge is 0.173 e. The fourth-order valence-electron chi connectivity index (χ4n) is 2.09. The summed E-state index contributed by atoms with van der Waals surface area (Å²) >= 11 is 0. The molecule has 0 bridgehead atoms. The van der Waals surface area contributed by atoms with E-state index in [1.165, 1.54) is 6.07 Å². The molecule has 0 heterocycles. The van der Waals surface area contributed by atoms with Gasteiger partial charge in [0.1, 0.15) is 11.5 Å². The van der Waals surface area contributed by atoms with Crippen LogP contribution in [0.4, 0.5) is 5.69 Å². The highest BCUT2D eigenvalue weighted by molar-refractivity contribution is 6.02. The number of anilines is 1. The van der Waals surface area contributed by atoms with Gasteiger partial charge in [-0.05, 0) is 38.1 Å². The lowest BCUT2D eigenvalue weighted by atomic mass is 10.1. The van der Waals surface area contributed by atoms with Crippen LogP contribution in [0.15, 0.2) is 47.5 Å². The van der Waals surface area contributed by atoms with Crippen molar-refractivity contribution in [1.82, 2.24) is 0 Å². The maximum atomic E-state index is 11.9. The van der Waals surface area contributed by atoms with E-state index in [-0.39, 0.29) is 30.4 Å². The molecule has 0 saturated heterocycles. The number of phenols is 2. The molecule has 0 aliphatic carbocycles. The number of nitrogens with zero attached hydrogens (tertiary/aromatic N) is 1. The highest BCUT2D eigenvalue weighted by Crippen LogP contribution is 2.29. The summed E-state index contributed by atoms with van der Waals surface area (Å²) in [6.45, 7) is 3.58. The Balaban J connectivity index is 1.97. The summed E-state index contributed by atoms with van der Waals surface area (Å²) in [5.74, 6) is -0.0357. The molecular weight excluding hydrogens is 292 g/mol. The van der Waals surface area contributed by atoms with Crippen LogP contribution in [0.5, 0.6) is 11.5 Å². The average Bonchev–Trinajstić information content (AvgIpc) is 2.57. The minimum absolute atomic E-state index is 0.0129. The van der Waals surface area contributed by atoms with Gasteiger partial charge in [0.15, 0.2) is 5.78 Å². The number of benzene rings is 2. The SMILES string of the molecule is CC(=NCC(=O)CNc1ccccc1)c1ccc(O)c(C)c1O. The van der Waals surface area contributed by atoms with Crippen molar-refractivity contribution in [3.05, 3.63) is 53.6 Å². The van der Waals surface area contributed by atoms with E-state index in [1.54, 1.807) is 19.9 Å². The third kappa shape index (κ3) is 4.32. The summed E-state index contributed by atoms with van der Waals surface area (Å²) in [6.07, 6.45) is 0. The highest BCUT2D eigenvalue weighted by atomic mass is 16.3. The molecule has 0 atom stereocenters. The van der Waals surface area contributed by atoms with Gasteiger partial charge in [-0.2, -0.15) is 0 Å². The lowest BCUT2D eigenvalue weighted by molar-refractivity contribution is -0.116. The van der Waals surface area contributed by atoms with E-state index < -0.39 is 0 Å². The number of ketones is 1. The largest absolute Gasteiger partial charge is 0.508 e. The molecule has 0 unspecified atom stereocenters. The molecule has 0 aliphatic heterocycles. The first kappa shape index (κ1) is 16.5. The zero-order valence-corrected chi connectivity index (χ0v) is 13.2. The molecule has 2 aromatic carbocycles. The Bertz CT molecular complexity index is 725. The summed E-state index contributed by atoms with van der Waals surface area (Å²) in [5, 5.41) is 22.6. The van der Waals surface area contributed by atoms with Crippen molar-refractivity contribution in [3.8, 4) is 11.5 Å². The number of carbonyl (C=O) groups is 1. The zero-order valence-electron chi connectivity index (χ0n) is 13.2. The van der Waals surface area contributed by atoms with Crippen LogP contribution in [0.3, 0.4) is 0 Å². The van der Waals surface area contributed by atoms with Crippen molar-refractivity contribution in [2.24, 2.45) is 4.99 Å². The topological polar surface area (TPSA) is 81.9 Å². The number of hydrogen-bond acceptors (Lipinski definition) is 5. The normalized spacial score (nSPS) is 11.3. The Hall–Kier alpha value is -2.82. The van der Waals surface area contributed by atoms with Gasteiger partial charge < -0.3 is 15.5 Å². The quantitative estimate of drug-likeness (QED) is 0.716. The van der Waals surface area contributed by atoms with Crippen LogP contribution in [0, 0.1) is 6.92 Å². The number of nitrogens with one attached hydrogen (secondary N) is 1. The van der Waals surface area contributed by atoms with Gasteiger partial charge in [-0.3, -0.25) is 9.79 Å². The van der Waals surface area contributed by atoms with E-state index in [9.17, 15) is 15.0 Å². The number of phenolic OH excluding ortho intramolecular Hbond substituents is 2. The molecule has 2 aromatic rings. The Morgan fingerprint density at radius 1 is 1.13 bits per heavy atom. The molecule has 0 aliphatic rings. The number of hydrogen-bond donors (Lipinski definition) is 3. The van der Waals surface area contributed by atoms with E-state index in [0.29, 0.717) is 16.8 Å². The number of carbonyl (C=O) groups excluding carboxylic acids is 1. The van der Waals surface area contributed by atoms with Crippen molar-refractivity contribution in [2.75, 3.05) is 18.4 Å². The number of rotatable bonds is 6. The highest BCUT2D eigenvalue weighted by Gasteiger charge is 2.11. The van der Waals surface area contributed by atoms with Gasteiger partial charge in [-0.15, -0.1) is 0 Å². The summed E-state index contributed by atoms with van der Waals surface area (Å²) < 4.78 is 0. The molecule has 0 radical (unpaired) electrons. The van der Waals surface area contributed by atoms with Crippen molar-refractivity contribution >= 4 is 17.2 Å². The van der Waals surface area contributed by atoms with E-state index >= 15 is 0 Å². The van der Waals surface area contributed by atoms with Gasteiger partial charge in [0.05, 0.1) is 13.1 Å². The molecule has 2 rings (SSSR count). The predicted molar refractivity (Wildman–Crippen MR) is 91.5 cm³/mol. The summed E-state index contributed by atoms with van der Waals surface area (Å²) in [6, 6.07) is 12.6. The molecule has 0 saturated carbocycles. The first-order valence-electron chi connectivity index (χ1n) is 7.32. The third-order valence-corrected chi connectivity index (χ3v) is 3.55. The third-order valence-electron chi connectivity index (χ3n) is 3.55. The maximum Gasteiger partial charge on any atom is 0.173 e. The standard InChI is InChI=1S/C18H20N2O3/c1-12-17(22)9-8-16(18(12)23)13(2)19-10-15(21)11-20-14-6-4-3-5-7-14/h3-9,20,22-23H,10-11H2,1-2H3. The van der Waals surface area contributed by atoms with E-state index in [2.05, 4.69) is 10.3 Å². The van der Waals surface area contributed by atoms with Crippen molar-refractivity contribution < 1.29 is 15.0 Å².